The molecular weight excluding hydrogens is 374 g/mol. The molecule has 1 saturated carbocycles. The molecule has 0 bridgehead atoms. The molecule has 0 saturated heterocycles. The van der Waals surface area contributed by atoms with Crippen LogP contribution in [0.25, 0.3) is 5.69 Å². The molecule has 2 aliphatic rings. The third-order valence-electron chi connectivity index (χ3n) is 6.30. The minimum absolute atomic E-state index is 0.127. The molecule has 2 heterocycles. The number of aromatic nitrogens is 2. The van der Waals surface area contributed by atoms with Crippen molar-refractivity contribution in [2.45, 2.75) is 51.5 Å². The first-order valence-corrected chi connectivity index (χ1v) is 10.9. The first-order chi connectivity index (χ1) is 14.7. The number of carbonyl (C=O) groups excluding carboxylic acids is 1. The van der Waals surface area contributed by atoms with Gasteiger partial charge in [0, 0.05) is 18.4 Å². The molecule has 2 aromatic carbocycles. The quantitative estimate of drug-likeness (QED) is 0.625. The predicted octanol–water partition coefficient (Wildman–Crippen LogP) is 4.90. The summed E-state index contributed by atoms with van der Waals surface area (Å²) in [5.74, 6) is 0.881. The Morgan fingerprint density at radius 2 is 1.87 bits per heavy atom. The highest BCUT2D eigenvalue weighted by molar-refractivity contribution is 5.98. The number of ether oxygens (including phenoxy) is 1. The van der Waals surface area contributed by atoms with Crippen molar-refractivity contribution in [1.29, 1.82) is 0 Å². The second kappa shape index (κ2) is 7.98. The highest BCUT2D eigenvalue weighted by atomic mass is 16.5. The van der Waals surface area contributed by atoms with Gasteiger partial charge in [0.15, 0.2) is 6.73 Å². The van der Waals surface area contributed by atoms with Crippen molar-refractivity contribution in [3.8, 4) is 11.4 Å². The average Bonchev–Trinajstić information content (AvgIpc) is 3.31. The van der Waals surface area contributed by atoms with E-state index in [1.807, 2.05) is 34.8 Å². The number of amides is 1. The number of nitrogens with zero attached hydrogens (tertiary/aromatic N) is 3. The van der Waals surface area contributed by atoms with E-state index < -0.39 is 0 Å². The van der Waals surface area contributed by atoms with Crippen molar-refractivity contribution in [2.75, 3.05) is 6.73 Å². The largest absolute Gasteiger partial charge is 0.472 e. The minimum atomic E-state index is 0.127. The lowest BCUT2D eigenvalue weighted by Crippen LogP contribution is -2.46. The van der Waals surface area contributed by atoms with Crippen molar-refractivity contribution < 1.29 is 9.53 Å². The zero-order valence-corrected chi connectivity index (χ0v) is 17.4. The maximum atomic E-state index is 13.3. The molecule has 0 radical (unpaired) electrons. The van der Waals surface area contributed by atoms with E-state index in [0.717, 1.165) is 47.4 Å². The summed E-state index contributed by atoms with van der Waals surface area (Å²) in [6.45, 7) is 2.41. The van der Waals surface area contributed by atoms with Crippen LogP contribution in [0.1, 0.15) is 59.2 Å². The van der Waals surface area contributed by atoms with Crippen LogP contribution in [0.15, 0.2) is 54.9 Å². The SMILES string of the molecule is Cc1cc(Cc2ccc(-n3cccn3)cc2)cc2c1OCN(C1CCCCC1)C2=O. The molecule has 5 heteroatoms. The van der Waals surface area contributed by atoms with Gasteiger partial charge in [-0.2, -0.15) is 5.10 Å². The molecule has 0 unspecified atom stereocenters. The molecule has 1 fully saturated rings. The summed E-state index contributed by atoms with van der Waals surface area (Å²) >= 11 is 0. The van der Waals surface area contributed by atoms with Crippen LogP contribution in [0.5, 0.6) is 5.75 Å². The van der Waals surface area contributed by atoms with Gasteiger partial charge in [-0.1, -0.05) is 37.5 Å². The fourth-order valence-electron chi connectivity index (χ4n) is 4.74. The van der Waals surface area contributed by atoms with E-state index >= 15 is 0 Å². The molecule has 154 valence electrons. The van der Waals surface area contributed by atoms with Gasteiger partial charge in [-0.05, 0) is 67.1 Å². The standard InChI is InChI=1S/C25H27N3O2/c1-18-14-20(15-19-8-10-22(11-9-19)28-13-5-12-26-28)16-23-24(18)30-17-27(25(23)29)21-6-3-2-4-7-21/h5,8-14,16,21H,2-4,6-7,15,17H2,1H3. The van der Waals surface area contributed by atoms with Crippen LogP contribution in [0, 0.1) is 6.92 Å². The molecule has 1 aromatic heterocycles. The highest BCUT2D eigenvalue weighted by Gasteiger charge is 2.32. The van der Waals surface area contributed by atoms with Gasteiger partial charge in [-0.25, -0.2) is 4.68 Å². The van der Waals surface area contributed by atoms with Crippen LogP contribution in [0.3, 0.4) is 0 Å². The Morgan fingerprint density at radius 1 is 1.07 bits per heavy atom. The zero-order chi connectivity index (χ0) is 20.5. The maximum absolute atomic E-state index is 13.3. The summed E-state index contributed by atoms with van der Waals surface area (Å²) in [5.41, 5.74) is 5.14. The van der Waals surface area contributed by atoms with Crippen molar-refractivity contribution in [1.82, 2.24) is 14.7 Å². The normalized spacial score (nSPS) is 17.0. The Hall–Kier alpha value is -3.08. The van der Waals surface area contributed by atoms with Crippen LogP contribution in [0.4, 0.5) is 0 Å². The summed E-state index contributed by atoms with van der Waals surface area (Å²) in [4.78, 5) is 15.2. The average molecular weight is 402 g/mol. The predicted molar refractivity (Wildman–Crippen MR) is 116 cm³/mol. The summed E-state index contributed by atoms with van der Waals surface area (Å²) in [6.07, 6.45) is 10.4. The lowest BCUT2D eigenvalue weighted by molar-refractivity contribution is 0.0316. The summed E-state index contributed by atoms with van der Waals surface area (Å²) in [5, 5.41) is 4.27. The summed E-state index contributed by atoms with van der Waals surface area (Å²) < 4.78 is 7.90. The summed E-state index contributed by atoms with van der Waals surface area (Å²) in [6, 6.07) is 14.8. The van der Waals surface area contributed by atoms with Gasteiger partial charge < -0.3 is 9.64 Å². The van der Waals surface area contributed by atoms with E-state index in [0.29, 0.717) is 12.8 Å². The van der Waals surface area contributed by atoms with E-state index in [4.69, 9.17) is 4.74 Å². The van der Waals surface area contributed by atoms with Gasteiger partial charge in [0.2, 0.25) is 0 Å². The van der Waals surface area contributed by atoms with Crippen molar-refractivity contribution in [3.63, 3.8) is 0 Å². The van der Waals surface area contributed by atoms with Gasteiger partial charge in [-0.3, -0.25) is 4.79 Å². The molecule has 0 atom stereocenters. The lowest BCUT2D eigenvalue weighted by atomic mass is 9.92. The number of fused-ring (bicyclic) bond motifs is 1. The molecule has 3 aromatic rings. The topological polar surface area (TPSA) is 47.4 Å². The van der Waals surface area contributed by atoms with Crippen molar-refractivity contribution in [2.24, 2.45) is 0 Å². The first kappa shape index (κ1) is 18.9. The van der Waals surface area contributed by atoms with Crippen molar-refractivity contribution in [3.05, 3.63) is 77.1 Å². The van der Waals surface area contributed by atoms with Gasteiger partial charge >= 0.3 is 0 Å². The van der Waals surface area contributed by atoms with Crippen LogP contribution < -0.4 is 4.74 Å². The molecule has 30 heavy (non-hydrogen) atoms. The third kappa shape index (κ3) is 3.60. The molecule has 0 spiro atoms. The monoisotopic (exact) mass is 401 g/mol. The molecule has 1 aliphatic carbocycles. The number of hydrogen-bond acceptors (Lipinski definition) is 3. The number of benzene rings is 2. The Bertz CT molecular complexity index is 1040. The minimum Gasteiger partial charge on any atom is -0.472 e. The van der Waals surface area contributed by atoms with E-state index in [1.54, 1.807) is 6.20 Å². The number of aryl methyl sites for hydroxylation is 1. The van der Waals surface area contributed by atoms with Crippen LogP contribution in [0.2, 0.25) is 0 Å². The van der Waals surface area contributed by atoms with Crippen LogP contribution in [-0.2, 0) is 6.42 Å². The van der Waals surface area contributed by atoms with Gasteiger partial charge in [0.05, 0.1) is 11.3 Å². The third-order valence-corrected chi connectivity index (χ3v) is 6.30. The van der Waals surface area contributed by atoms with Gasteiger partial charge in [0.1, 0.15) is 5.75 Å². The maximum Gasteiger partial charge on any atom is 0.260 e. The van der Waals surface area contributed by atoms with E-state index in [2.05, 4.69) is 35.4 Å². The number of carbonyl (C=O) groups is 1. The van der Waals surface area contributed by atoms with E-state index in [9.17, 15) is 4.79 Å². The first-order valence-electron chi connectivity index (χ1n) is 10.9. The van der Waals surface area contributed by atoms with Crippen molar-refractivity contribution >= 4 is 5.91 Å². The molecule has 1 aliphatic heterocycles. The lowest BCUT2D eigenvalue weighted by Gasteiger charge is -2.37. The fraction of sp³-hybridized carbons (Fsp3) is 0.360. The summed E-state index contributed by atoms with van der Waals surface area (Å²) in [7, 11) is 0. The Balaban J connectivity index is 1.38. The van der Waals surface area contributed by atoms with Crippen LogP contribution >= 0.6 is 0 Å². The number of rotatable bonds is 4. The zero-order valence-electron chi connectivity index (χ0n) is 17.4. The van der Waals surface area contributed by atoms with Gasteiger partial charge in [-0.15, -0.1) is 0 Å². The number of hydrogen-bond donors (Lipinski definition) is 0. The second-order valence-corrected chi connectivity index (χ2v) is 8.42. The second-order valence-electron chi connectivity index (χ2n) is 8.42. The Labute approximate surface area is 177 Å². The van der Waals surface area contributed by atoms with E-state index in [1.165, 1.54) is 24.8 Å². The highest BCUT2D eigenvalue weighted by Crippen LogP contribution is 2.34. The Kier molecular flexibility index (Phi) is 5.03. The molecular formula is C25H27N3O2. The Morgan fingerprint density at radius 3 is 2.60 bits per heavy atom. The molecule has 5 nitrogen and oxygen atoms in total. The fourth-order valence-corrected chi connectivity index (χ4v) is 4.74. The smallest absolute Gasteiger partial charge is 0.260 e. The molecule has 0 N–H and O–H groups in total. The molecule has 1 amide bonds. The molecule has 5 rings (SSSR count). The van der Waals surface area contributed by atoms with Gasteiger partial charge in [0.25, 0.3) is 5.91 Å². The van der Waals surface area contributed by atoms with Crippen LogP contribution in [-0.4, -0.2) is 33.4 Å². The van der Waals surface area contributed by atoms with E-state index in [-0.39, 0.29) is 5.91 Å².